The predicted molar refractivity (Wildman–Crippen MR) is 73.9 cm³/mol. The quantitative estimate of drug-likeness (QED) is 0.775. The van der Waals surface area contributed by atoms with Crippen LogP contribution in [0.25, 0.3) is 6.08 Å². The van der Waals surface area contributed by atoms with E-state index in [-0.39, 0.29) is 5.82 Å². The van der Waals surface area contributed by atoms with Gasteiger partial charge in [-0.15, -0.1) is 0 Å². The summed E-state index contributed by atoms with van der Waals surface area (Å²) in [4.78, 5) is 4.52. The van der Waals surface area contributed by atoms with E-state index in [0.29, 0.717) is 6.54 Å². The Hall–Kier alpha value is -1.70. The fourth-order valence-electron chi connectivity index (χ4n) is 2.14. The Morgan fingerprint density at radius 1 is 1.11 bits per heavy atom. The number of hydrogen-bond donors (Lipinski definition) is 0. The zero-order chi connectivity index (χ0) is 13.5. The Balaban J connectivity index is 1.74. The number of halogens is 1. The Morgan fingerprint density at radius 3 is 2.37 bits per heavy atom. The minimum absolute atomic E-state index is 0.203. The van der Waals surface area contributed by atoms with Crippen molar-refractivity contribution in [1.82, 2.24) is 9.80 Å². The summed E-state index contributed by atoms with van der Waals surface area (Å²) in [7, 11) is 0. The van der Waals surface area contributed by atoms with Gasteiger partial charge in [0, 0.05) is 32.7 Å². The molecule has 1 aliphatic rings. The van der Waals surface area contributed by atoms with Crippen LogP contribution in [-0.2, 0) is 0 Å². The van der Waals surface area contributed by atoms with Crippen LogP contribution in [0.2, 0.25) is 0 Å². The highest BCUT2D eigenvalue weighted by Gasteiger charge is 2.14. The zero-order valence-corrected chi connectivity index (χ0v) is 10.9. The first-order valence-corrected chi connectivity index (χ1v) is 6.52. The maximum Gasteiger partial charge on any atom is 0.123 e. The smallest absolute Gasteiger partial charge is 0.123 e. The van der Waals surface area contributed by atoms with Crippen LogP contribution in [0, 0.1) is 17.1 Å². The number of nitriles is 1. The topological polar surface area (TPSA) is 30.3 Å². The molecule has 0 N–H and O–H groups in total. The van der Waals surface area contributed by atoms with Gasteiger partial charge in [0.15, 0.2) is 0 Å². The van der Waals surface area contributed by atoms with Crippen LogP contribution in [0.1, 0.15) is 5.56 Å². The molecule has 19 heavy (non-hydrogen) atoms. The average molecular weight is 259 g/mol. The summed E-state index contributed by atoms with van der Waals surface area (Å²) < 4.78 is 12.7. The standard InChI is InChI=1S/C15H18FN3/c16-15-5-3-14(4-6-15)2-1-8-18-10-12-19(9-7-17)13-11-18/h1-6H,8-13H2. The van der Waals surface area contributed by atoms with Gasteiger partial charge in [-0.1, -0.05) is 24.3 Å². The van der Waals surface area contributed by atoms with E-state index in [0.717, 1.165) is 38.3 Å². The van der Waals surface area contributed by atoms with Crippen LogP contribution in [0.3, 0.4) is 0 Å². The maximum absolute atomic E-state index is 12.7. The van der Waals surface area contributed by atoms with Crippen LogP contribution < -0.4 is 0 Å². The van der Waals surface area contributed by atoms with Crippen molar-refractivity contribution in [1.29, 1.82) is 5.26 Å². The zero-order valence-electron chi connectivity index (χ0n) is 10.9. The van der Waals surface area contributed by atoms with Gasteiger partial charge in [0.1, 0.15) is 5.82 Å². The Kier molecular flexibility index (Phi) is 5.08. The minimum Gasteiger partial charge on any atom is -0.297 e. The second-order valence-electron chi connectivity index (χ2n) is 4.69. The summed E-state index contributed by atoms with van der Waals surface area (Å²) in [5.74, 6) is -0.203. The highest BCUT2D eigenvalue weighted by molar-refractivity contribution is 5.48. The molecule has 1 fully saturated rings. The number of nitrogens with zero attached hydrogens (tertiary/aromatic N) is 3. The third kappa shape index (κ3) is 4.47. The van der Waals surface area contributed by atoms with Crippen LogP contribution in [-0.4, -0.2) is 49.1 Å². The summed E-state index contributed by atoms with van der Waals surface area (Å²) in [5.41, 5.74) is 1.02. The molecule has 0 amide bonds. The third-order valence-electron chi connectivity index (χ3n) is 3.30. The SMILES string of the molecule is N#CCN1CCN(CC=Cc2ccc(F)cc2)CC1. The van der Waals surface area contributed by atoms with Crippen molar-refractivity contribution in [2.45, 2.75) is 0 Å². The molecule has 0 unspecified atom stereocenters. The van der Waals surface area contributed by atoms with E-state index < -0.39 is 0 Å². The van der Waals surface area contributed by atoms with E-state index >= 15 is 0 Å². The van der Waals surface area contributed by atoms with Gasteiger partial charge in [0.05, 0.1) is 12.6 Å². The first kappa shape index (κ1) is 13.7. The van der Waals surface area contributed by atoms with E-state index in [1.54, 1.807) is 12.1 Å². The Morgan fingerprint density at radius 2 is 1.74 bits per heavy atom. The highest BCUT2D eigenvalue weighted by Crippen LogP contribution is 2.06. The van der Waals surface area contributed by atoms with Crippen molar-refractivity contribution in [3.8, 4) is 6.07 Å². The second-order valence-corrected chi connectivity index (χ2v) is 4.69. The molecule has 0 saturated carbocycles. The molecule has 0 bridgehead atoms. The fraction of sp³-hybridized carbons (Fsp3) is 0.400. The molecule has 0 aliphatic carbocycles. The summed E-state index contributed by atoms with van der Waals surface area (Å²) in [6.45, 7) is 5.33. The first-order valence-electron chi connectivity index (χ1n) is 6.52. The molecule has 1 heterocycles. The van der Waals surface area contributed by atoms with Gasteiger partial charge in [0.2, 0.25) is 0 Å². The Bertz CT molecular complexity index is 453. The summed E-state index contributed by atoms with van der Waals surface area (Å²) in [6, 6.07) is 8.68. The highest BCUT2D eigenvalue weighted by atomic mass is 19.1. The molecule has 1 aromatic carbocycles. The van der Waals surface area contributed by atoms with Gasteiger partial charge in [-0.3, -0.25) is 9.80 Å². The molecule has 3 nitrogen and oxygen atoms in total. The molecule has 0 radical (unpaired) electrons. The average Bonchev–Trinajstić information content (AvgIpc) is 2.43. The van der Waals surface area contributed by atoms with Crippen molar-refractivity contribution in [3.63, 3.8) is 0 Å². The molecule has 1 saturated heterocycles. The molecule has 100 valence electrons. The van der Waals surface area contributed by atoms with Gasteiger partial charge >= 0.3 is 0 Å². The third-order valence-corrected chi connectivity index (χ3v) is 3.30. The van der Waals surface area contributed by atoms with E-state index in [1.165, 1.54) is 12.1 Å². The lowest BCUT2D eigenvalue weighted by Gasteiger charge is -2.32. The van der Waals surface area contributed by atoms with Crippen LogP contribution >= 0.6 is 0 Å². The first-order chi connectivity index (χ1) is 9.28. The van der Waals surface area contributed by atoms with Crippen LogP contribution in [0.4, 0.5) is 4.39 Å². The van der Waals surface area contributed by atoms with Crippen molar-refractivity contribution < 1.29 is 4.39 Å². The Labute approximate surface area is 113 Å². The van der Waals surface area contributed by atoms with Crippen molar-refractivity contribution in [3.05, 3.63) is 41.7 Å². The van der Waals surface area contributed by atoms with Crippen LogP contribution in [0.15, 0.2) is 30.3 Å². The van der Waals surface area contributed by atoms with Gasteiger partial charge in [0.25, 0.3) is 0 Å². The molecule has 0 aromatic heterocycles. The van der Waals surface area contributed by atoms with Crippen molar-refractivity contribution >= 4 is 6.08 Å². The minimum atomic E-state index is -0.203. The van der Waals surface area contributed by atoms with Gasteiger partial charge in [-0.25, -0.2) is 4.39 Å². The van der Waals surface area contributed by atoms with E-state index in [9.17, 15) is 4.39 Å². The number of rotatable bonds is 4. The molecule has 0 atom stereocenters. The molecular weight excluding hydrogens is 241 g/mol. The van der Waals surface area contributed by atoms with Gasteiger partial charge < -0.3 is 0 Å². The lowest BCUT2D eigenvalue weighted by molar-refractivity contribution is 0.155. The summed E-state index contributed by atoms with van der Waals surface area (Å²) in [5, 5.41) is 8.63. The van der Waals surface area contributed by atoms with Crippen molar-refractivity contribution in [2.24, 2.45) is 0 Å². The van der Waals surface area contributed by atoms with Gasteiger partial charge in [-0.2, -0.15) is 5.26 Å². The molecular formula is C15H18FN3. The van der Waals surface area contributed by atoms with E-state index in [2.05, 4.69) is 21.9 Å². The van der Waals surface area contributed by atoms with Gasteiger partial charge in [-0.05, 0) is 17.7 Å². The van der Waals surface area contributed by atoms with Crippen molar-refractivity contribution in [2.75, 3.05) is 39.3 Å². The molecule has 2 rings (SSSR count). The molecule has 1 aromatic rings. The second kappa shape index (κ2) is 7.03. The van der Waals surface area contributed by atoms with E-state index in [1.807, 2.05) is 6.08 Å². The number of benzene rings is 1. The fourth-order valence-corrected chi connectivity index (χ4v) is 2.14. The summed E-state index contributed by atoms with van der Waals surface area (Å²) >= 11 is 0. The number of piperazine rings is 1. The van der Waals surface area contributed by atoms with Crippen LogP contribution in [0.5, 0.6) is 0 Å². The monoisotopic (exact) mass is 259 g/mol. The lowest BCUT2D eigenvalue weighted by atomic mass is 10.2. The molecule has 1 aliphatic heterocycles. The number of hydrogen-bond acceptors (Lipinski definition) is 3. The van der Waals surface area contributed by atoms with E-state index in [4.69, 9.17) is 5.26 Å². The lowest BCUT2D eigenvalue weighted by Crippen LogP contribution is -2.46. The molecule has 0 spiro atoms. The normalized spacial score (nSPS) is 17.7. The summed E-state index contributed by atoms with van der Waals surface area (Å²) in [6.07, 6.45) is 4.12. The molecule has 4 heteroatoms. The predicted octanol–water partition coefficient (Wildman–Crippen LogP) is 1.98. The largest absolute Gasteiger partial charge is 0.297 e. The maximum atomic E-state index is 12.7.